The summed E-state index contributed by atoms with van der Waals surface area (Å²) >= 11 is 3.22. The summed E-state index contributed by atoms with van der Waals surface area (Å²) in [7, 11) is 0. The van der Waals surface area contributed by atoms with Gasteiger partial charge in [-0.25, -0.2) is 4.98 Å². The Hall–Kier alpha value is -2.11. The molecule has 0 spiro atoms. The van der Waals surface area contributed by atoms with Gasteiger partial charge in [0, 0.05) is 16.7 Å². The second-order valence-electron chi connectivity index (χ2n) is 4.57. The van der Waals surface area contributed by atoms with Crippen molar-refractivity contribution in [2.75, 3.05) is 11.6 Å². The molecule has 1 N–H and O–H groups in total. The number of thioether (sulfide) groups is 1. The number of amides is 1. The molecule has 1 aromatic heterocycles. The fraction of sp³-hybridized carbons (Fsp3) is 0.0588. The molecule has 0 aliphatic rings. The van der Waals surface area contributed by atoms with Crippen LogP contribution in [0.3, 0.4) is 0 Å². The van der Waals surface area contributed by atoms with Gasteiger partial charge in [-0.05, 0) is 42.7 Å². The Morgan fingerprint density at radius 1 is 1.23 bits per heavy atom. The van der Waals surface area contributed by atoms with Gasteiger partial charge in [-0.1, -0.05) is 18.2 Å². The van der Waals surface area contributed by atoms with E-state index in [9.17, 15) is 4.79 Å². The predicted molar refractivity (Wildman–Crippen MR) is 95.5 cm³/mol. The number of para-hydroxylation sites is 1. The molecular formula is C17H14N2OS2. The second kappa shape index (κ2) is 6.77. The molecular weight excluding hydrogens is 312 g/mol. The summed E-state index contributed by atoms with van der Waals surface area (Å²) in [6.45, 7) is 0. The van der Waals surface area contributed by atoms with E-state index >= 15 is 0 Å². The molecule has 0 radical (unpaired) electrons. The van der Waals surface area contributed by atoms with E-state index in [0.717, 1.165) is 25.8 Å². The Balaban J connectivity index is 1.70. The molecule has 0 aliphatic heterocycles. The third-order valence-electron chi connectivity index (χ3n) is 3.02. The number of hydrogen-bond acceptors (Lipinski definition) is 4. The molecule has 1 amide bonds. The van der Waals surface area contributed by atoms with Gasteiger partial charge in [-0.2, -0.15) is 0 Å². The lowest BCUT2D eigenvalue weighted by atomic mass is 10.3. The summed E-state index contributed by atoms with van der Waals surface area (Å²) in [5.74, 6) is -0.155. The molecule has 3 rings (SSSR count). The van der Waals surface area contributed by atoms with Gasteiger partial charge in [0.1, 0.15) is 5.01 Å². The molecule has 2 aromatic carbocycles. The quantitative estimate of drug-likeness (QED) is 0.559. The minimum absolute atomic E-state index is 0.155. The highest BCUT2D eigenvalue weighted by atomic mass is 32.2. The lowest BCUT2D eigenvalue weighted by Crippen LogP contribution is -2.07. The minimum Gasteiger partial charge on any atom is -0.322 e. The fourth-order valence-electron chi connectivity index (χ4n) is 1.99. The number of carbonyl (C=O) groups is 1. The van der Waals surface area contributed by atoms with Gasteiger partial charge < -0.3 is 5.32 Å². The number of nitrogens with one attached hydrogen (secondary N) is 1. The van der Waals surface area contributed by atoms with Crippen LogP contribution >= 0.6 is 23.1 Å². The van der Waals surface area contributed by atoms with E-state index in [4.69, 9.17) is 0 Å². The molecule has 3 aromatic rings. The number of rotatable bonds is 4. The van der Waals surface area contributed by atoms with Gasteiger partial charge in [0.15, 0.2) is 0 Å². The molecule has 0 aliphatic carbocycles. The van der Waals surface area contributed by atoms with Crippen molar-refractivity contribution in [3.8, 4) is 0 Å². The highest BCUT2D eigenvalue weighted by Crippen LogP contribution is 2.22. The molecule has 0 saturated heterocycles. The molecule has 5 heteroatoms. The zero-order valence-corrected chi connectivity index (χ0v) is 13.6. The third-order valence-corrected chi connectivity index (χ3v) is 4.75. The maximum atomic E-state index is 12.0. The van der Waals surface area contributed by atoms with Crippen LogP contribution in [0.25, 0.3) is 16.3 Å². The molecule has 0 unspecified atom stereocenters. The topological polar surface area (TPSA) is 42.0 Å². The smallest absolute Gasteiger partial charge is 0.248 e. The number of carbonyl (C=O) groups excluding carboxylic acids is 1. The van der Waals surface area contributed by atoms with E-state index in [1.165, 1.54) is 6.08 Å². The lowest BCUT2D eigenvalue weighted by Gasteiger charge is -2.03. The van der Waals surface area contributed by atoms with Gasteiger partial charge in [0.25, 0.3) is 0 Å². The summed E-state index contributed by atoms with van der Waals surface area (Å²) in [6.07, 6.45) is 5.27. The van der Waals surface area contributed by atoms with E-state index < -0.39 is 0 Å². The first kappa shape index (κ1) is 14.8. The Bertz CT molecular complexity index is 806. The first-order valence-electron chi connectivity index (χ1n) is 6.73. The minimum atomic E-state index is -0.155. The summed E-state index contributed by atoms with van der Waals surface area (Å²) in [5.41, 5.74) is 1.76. The number of nitrogens with zero attached hydrogens (tertiary/aromatic N) is 1. The maximum absolute atomic E-state index is 12.0. The number of thiazole rings is 1. The summed E-state index contributed by atoms with van der Waals surface area (Å²) < 4.78 is 1.12. The number of aromatic nitrogens is 1. The van der Waals surface area contributed by atoms with Crippen LogP contribution in [0.15, 0.2) is 59.5 Å². The zero-order chi connectivity index (χ0) is 15.4. The van der Waals surface area contributed by atoms with Crippen LogP contribution in [0.1, 0.15) is 5.01 Å². The van der Waals surface area contributed by atoms with Crippen molar-refractivity contribution < 1.29 is 4.79 Å². The highest BCUT2D eigenvalue weighted by Gasteiger charge is 2.02. The predicted octanol–water partition coefficient (Wildman–Crippen LogP) is 4.67. The zero-order valence-electron chi connectivity index (χ0n) is 11.9. The molecule has 0 saturated carbocycles. The van der Waals surface area contributed by atoms with Crippen LogP contribution in [0.4, 0.5) is 5.69 Å². The Kier molecular flexibility index (Phi) is 4.56. The van der Waals surface area contributed by atoms with Crippen molar-refractivity contribution in [1.82, 2.24) is 4.98 Å². The van der Waals surface area contributed by atoms with E-state index in [-0.39, 0.29) is 5.91 Å². The van der Waals surface area contributed by atoms with Crippen molar-refractivity contribution in [2.45, 2.75) is 4.90 Å². The molecule has 0 fully saturated rings. The molecule has 0 atom stereocenters. The van der Waals surface area contributed by atoms with Crippen molar-refractivity contribution in [2.24, 2.45) is 0 Å². The van der Waals surface area contributed by atoms with E-state index in [1.54, 1.807) is 29.2 Å². The molecule has 110 valence electrons. The Labute approximate surface area is 137 Å². The van der Waals surface area contributed by atoms with Gasteiger partial charge in [0.2, 0.25) is 5.91 Å². The Morgan fingerprint density at radius 2 is 2.09 bits per heavy atom. The monoisotopic (exact) mass is 326 g/mol. The first-order valence-corrected chi connectivity index (χ1v) is 8.77. The molecule has 22 heavy (non-hydrogen) atoms. The maximum Gasteiger partial charge on any atom is 0.248 e. The average Bonchev–Trinajstić information content (AvgIpc) is 2.96. The number of benzene rings is 2. The first-order chi connectivity index (χ1) is 10.7. The molecule has 3 nitrogen and oxygen atoms in total. The standard InChI is InChI=1S/C17H14N2OS2/c1-21-13-6-4-5-12(11-13)18-16(20)9-10-17-19-14-7-2-3-8-15(14)22-17/h2-11H,1H3,(H,18,20)/b10-9+. The summed E-state index contributed by atoms with van der Waals surface area (Å²) in [4.78, 5) is 17.6. The second-order valence-corrected chi connectivity index (χ2v) is 6.52. The lowest BCUT2D eigenvalue weighted by molar-refractivity contribution is -0.111. The number of fused-ring (bicyclic) bond motifs is 1. The van der Waals surface area contributed by atoms with Crippen molar-refractivity contribution in [1.29, 1.82) is 0 Å². The fourth-order valence-corrected chi connectivity index (χ4v) is 3.32. The van der Waals surface area contributed by atoms with Crippen LogP contribution in [-0.4, -0.2) is 17.1 Å². The number of hydrogen-bond donors (Lipinski definition) is 1. The van der Waals surface area contributed by atoms with Crippen molar-refractivity contribution in [3.05, 3.63) is 59.6 Å². The van der Waals surface area contributed by atoms with Gasteiger partial charge in [-0.15, -0.1) is 23.1 Å². The average molecular weight is 326 g/mol. The van der Waals surface area contributed by atoms with Gasteiger partial charge in [0.05, 0.1) is 10.2 Å². The van der Waals surface area contributed by atoms with E-state index in [0.29, 0.717) is 0 Å². The van der Waals surface area contributed by atoms with Crippen molar-refractivity contribution in [3.63, 3.8) is 0 Å². The highest BCUT2D eigenvalue weighted by molar-refractivity contribution is 7.98. The van der Waals surface area contributed by atoms with Crippen molar-refractivity contribution >= 4 is 51.0 Å². The van der Waals surface area contributed by atoms with Gasteiger partial charge >= 0.3 is 0 Å². The largest absolute Gasteiger partial charge is 0.322 e. The summed E-state index contributed by atoms with van der Waals surface area (Å²) in [6, 6.07) is 15.7. The number of anilines is 1. The normalized spacial score (nSPS) is 11.1. The van der Waals surface area contributed by atoms with Crippen LogP contribution in [-0.2, 0) is 4.79 Å². The molecule has 0 bridgehead atoms. The summed E-state index contributed by atoms with van der Waals surface area (Å²) in [5, 5.41) is 3.69. The van der Waals surface area contributed by atoms with E-state index in [2.05, 4.69) is 10.3 Å². The van der Waals surface area contributed by atoms with Crippen LogP contribution < -0.4 is 5.32 Å². The van der Waals surface area contributed by atoms with Crippen LogP contribution in [0.5, 0.6) is 0 Å². The van der Waals surface area contributed by atoms with Crippen LogP contribution in [0, 0.1) is 0 Å². The SMILES string of the molecule is CSc1cccc(NC(=O)/C=C/c2nc3ccccc3s2)c1. The third kappa shape index (κ3) is 3.55. The Morgan fingerprint density at radius 3 is 2.91 bits per heavy atom. The van der Waals surface area contributed by atoms with Crippen LogP contribution in [0.2, 0.25) is 0 Å². The molecule has 1 heterocycles. The van der Waals surface area contributed by atoms with Gasteiger partial charge in [-0.3, -0.25) is 4.79 Å². The van der Waals surface area contributed by atoms with E-state index in [1.807, 2.05) is 54.8 Å².